The first-order valence-electron chi connectivity index (χ1n) is 6.50. The third-order valence-electron chi connectivity index (χ3n) is 3.16. The molecule has 8 nitrogen and oxygen atoms in total. The number of aromatic amines is 1. The molecule has 108 valence electrons. The van der Waals surface area contributed by atoms with Gasteiger partial charge in [0.15, 0.2) is 5.82 Å². The van der Waals surface area contributed by atoms with E-state index in [-0.39, 0.29) is 5.91 Å². The average Bonchev–Trinajstić information content (AvgIpc) is 3.27. The third kappa shape index (κ3) is 2.12. The maximum Gasteiger partial charge on any atom is 0.277 e. The van der Waals surface area contributed by atoms with E-state index in [4.69, 9.17) is 0 Å². The zero-order chi connectivity index (χ0) is 14.9. The number of aromatic nitrogens is 5. The summed E-state index contributed by atoms with van der Waals surface area (Å²) in [5.74, 6) is -0.00168. The van der Waals surface area contributed by atoms with Crippen molar-refractivity contribution in [3.05, 3.63) is 54.8 Å². The van der Waals surface area contributed by atoms with E-state index in [9.17, 15) is 4.79 Å². The van der Waals surface area contributed by atoms with Crippen molar-refractivity contribution >= 4 is 17.4 Å². The molecule has 0 aromatic carbocycles. The summed E-state index contributed by atoms with van der Waals surface area (Å²) < 4.78 is 6.45. The molecule has 0 saturated heterocycles. The van der Waals surface area contributed by atoms with Crippen LogP contribution in [-0.2, 0) is 0 Å². The van der Waals surface area contributed by atoms with Crippen molar-refractivity contribution in [2.45, 2.75) is 0 Å². The minimum absolute atomic E-state index is 0.294. The topological polar surface area (TPSA) is 101 Å². The minimum Gasteiger partial charge on any atom is -0.363 e. The van der Waals surface area contributed by atoms with Gasteiger partial charge in [-0.1, -0.05) is 5.16 Å². The number of pyridine rings is 1. The van der Waals surface area contributed by atoms with Crippen LogP contribution in [0.5, 0.6) is 0 Å². The van der Waals surface area contributed by atoms with Crippen LogP contribution >= 0.6 is 0 Å². The van der Waals surface area contributed by atoms with E-state index < -0.39 is 0 Å². The highest BCUT2D eigenvalue weighted by atomic mass is 16.5. The van der Waals surface area contributed by atoms with Crippen LogP contribution in [0.3, 0.4) is 0 Å². The first-order chi connectivity index (χ1) is 10.8. The zero-order valence-corrected chi connectivity index (χ0v) is 11.2. The predicted molar refractivity (Wildman–Crippen MR) is 77.2 cm³/mol. The zero-order valence-electron chi connectivity index (χ0n) is 11.2. The van der Waals surface area contributed by atoms with Gasteiger partial charge in [0, 0.05) is 30.2 Å². The van der Waals surface area contributed by atoms with Crippen LogP contribution in [0.4, 0.5) is 5.82 Å². The fraction of sp³-hybridized carbons (Fsp3) is 0. The number of hydrogen-bond donors (Lipinski definition) is 2. The summed E-state index contributed by atoms with van der Waals surface area (Å²) >= 11 is 0. The minimum atomic E-state index is -0.348. The number of amides is 1. The molecule has 0 saturated carbocycles. The van der Waals surface area contributed by atoms with Crippen LogP contribution in [-0.4, -0.2) is 30.6 Å². The van der Waals surface area contributed by atoms with Crippen molar-refractivity contribution in [3.8, 4) is 11.3 Å². The number of carbonyl (C=O) groups excluding carboxylic acids is 1. The van der Waals surface area contributed by atoms with Gasteiger partial charge >= 0.3 is 0 Å². The van der Waals surface area contributed by atoms with E-state index in [1.807, 2.05) is 24.4 Å². The van der Waals surface area contributed by atoms with Gasteiger partial charge in [0.25, 0.3) is 5.91 Å². The highest BCUT2D eigenvalue weighted by molar-refractivity contribution is 6.02. The molecule has 8 heteroatoms. The summed E-state index contributed by atoms with van der Waals surface area (Å²) in [6.45, 7) is 0. The number of nitrogens with one attached hydrogen (secondary N) is 2. The molecule has 0 spiro atoms. The number of fused-ring (bicyclic) bond motifs is 1. The van der Waals surface area contributed by atoms with Crippen molar-refractivity contribution in [1.29, 1.82) is 0 Å². The van der Waals surface area contributed by atoms with Crippen LogP contribution < -0.4 is 5.32 Å². The molecule has 4 aromatic rings. The lowest BCUT2D eigenvalue weighted by atomic mass is 10.2. The van der Waals surface area contributed by atoms with E-state index in [1.54, 1.807) is 22.9 Å². The monoisotopic (exact) mass is 294 g/mol. The molecular weight excluding hydrogens is 284 g/mol. The van der Waals surface area contributed by atoms with Crippen molar-refractivity contribution in [3.63, 3.8) is 0 Å². The van der Waals surface area contributed by atoms with Crippen LogP contribution in [0.1, 0.15) is 10.5 Å². The molecule has 2 N–H and O–H groups in total. The summed E-state index contributed by atoms with van der Waals surface area (Å²) in [4.78, 5) is 16.4. The maximum absolute atomic E-state index is 12.1. The van der Waals surface area contributed by atoms with Gasteiger partial charge in [-0.15, -0.1) is 0 Å². The molecule has 0 radical (unpaired) electrons. The van der Waals surface area contributed by atoms with E-state index in [0.717, 1.165) is 11.3 Å². The molecule has 22 heavy (non-hydrogen) atoms. The molecule has 0 aliphatic rings. The molecule has 0 aliphatic carbocycles. The Balaban J connectivity index is 1.67. The van der Waals surface area contributed by atoms with Gasteiger partial charge in [-0.3, -0.25) is 9.89 Å². The van der Waals surface area contributed by atoms with Crippen LogP contribution in [0, 0.1) is 0 Å². The molecule has 4 rings (SSSR count). The molecule has 4 heterocycles. The number of nitrogens with zero attached hydrogens (tertiary/aromatic N) is 4. The van der Waals surface area contributed by atoms with Crippen molar-refractivity contribution < 1.29 is 9.32 Å². The lowest BCUT2D eigenvalue weighted by Crippen LogP contribution is -2.12. The van der Waals surface area contributed by atoms with E-state index in [2.05, 4.69) is 30.2 Å². The van der Waals surface area contributed by atoms with Crippen molar-refractivity contribution in [2.75, 3.05) is 5.32 Å². The summed E-state index contributed by atoms with van der Waals surface area (Å²) in [5, 5.41) is 13.1. The smallest absolute Gasteiger partial charge is 0.277 e. The predicted octanol–water partition coefficient (Wildman–Crippen LogP) is 1.96. The first-order valence-corrected chi connectivity index (χ1v) is 6.50. The van der Waals surface area contributed by atoms with Crippen LogP contribution in [0.15, 0.2) is 53.6 Å². The lowest BCUT2D eigenvalue weighted by Gasteiger charge is -1.97. The summed E-state index contributed by atoms with van der Waals surface area (Å²) in [5.41, 5.74) is 2.71. The number of imidazole rings is 1. The summed E-state index contributed by atoms with van der Waals surface area (Å²) in [6, 6.07) is 7.16. The lowest BCUT2D eigenvalue weighted by molar-refractivity contribution is 0.102. The summed E-state index contributed by atoms with van der Waals surface area (Å²) in [7, 11) is 0. The van der Waals surface area contributed by atoms with Crippen LogP contribution in [0.25, 0.3) is 16.9 Å². The molecule has 4 aromatic heterocycles. The van der Waals surface area contributed by atoms with Gasteiger partial charge in [0.05, 0.1) is 5.69 Å². The standard InChI is InChI=1S/C14H10N6O2/c21-14(17-12-4-6-22-19-12)11-8-20-7-9(1-2-13(20)16-11)10-3-5-15-18-10/h1-8H,(H,15,18)(H,17,19,21). The molecular formula is C14H10N6O2. The van der Waals surface area contributed by atoms with Gasteiger partial charge in [-0.05, 0) is 18.2 Å². The van der Waals surface area contributed by atoms with Crippen molar-refractivity contribution in [2.24, 2.45) is 0 Å². The SMILES string of the molecule is O=C(Nc1ccon1)c1cn2cc(-c3cc[nH]n3)ccc2n1. The van der Waals surface area contributed by atoms with E-state index in [0.29, 0.717) is 17.2 Å². The third-order valence-corrected chi connectivity index (χ3v) is 3.16. The second-order valence-corrected chi connectivity index (χ2v) is 4.61. The number of H-pyrrole nitrogens is 1. The quantitative estimate of drug-likeness (QED) is 0.601. The largest absolute Gasteiger partial charge is 0.363 e. The molecule has 0 atom stereocenters. The Morgan fingerprint density at radius 2 is 2.18 bits per heavy atom. The van der Waals surface area contributed by atoms with Gasteiger partial charge in [-0.25, -0.2) is 4.98 Å². The maximum atomic E-state index is 12.1. The Bertz CT molecular complexity index is 924. The average molecular weight is 294 g/mol. The second-order valence-electron chi connectivity index (χ2n) is 4.61. The Morgan fingerprint density at radius 3 is 2.95 bits per heavy atom. The molecule has 0 fully saturated rings. The van der Waals surface area contributed by atoms with Gasteiger partial charge in [0.1, 0.15) is 17.6 Å². The molecule has 1 amide bonds. The summed E-state index contributed by atoms with van der Waals surface area (Å²) in [6.07, 6.45) is 6.66. The van der Waals surface area contributed by atoms with Gasteiger partial charge in [-0.2, -0.15) is 5.10 Å². The second kappa shape index (κ2) is 4.85. The first kappa shape index (κ1) is 12.3. The fourth-order valence-electron chi connectivity index (χ4n) is 2.13. The normalized spacial score (nSPS) is 10.9. The highest BCUT2D eigenvalue weighted by Crippen LogP contribution is 2.17. The molecule has 0 unspecified atom stereocenters. The van der Waals surface area contributed by atoms with Gasteiger partial charge < -0.3 is 14.2 Å². The fourth-order valence-corrected chi connectivity index (χ4v) is 2.13. The Hall–Kier alpha value is -3.42. The number of anilines is 1. The Kier molecular flexibility index (Phi) is 2.72. The van der Waals surface area contributed by atoms with Crippen LogP contribution in [0.2, 0.25) is 0 Å². The molecule has 0 aliphatic heterocycles. The highest BCUT2D eigenvalue weighted by Gasteiger charge is 2.13. The number of rotatable bonds is 3. The Morgan fingerprint density at radius 1 is 1.23 bits per heavy atom. The Labute approximate surface area is 123 Å². The molecule has 0 bridgehead atoms. The number of carbonyl (C=O) groups is 1. The van der Waals surface area contributed by atoms with E-state index in [1.165, 1.54) is 6.26 Å². The van der Waals surface area contributed by atoms with Gasteiger partial charge in [0.2, 0.25) is 0 Å². The van der Waals surface area contributed by atoms with Crippen molar-refractivity contribution in [1.82, 2.24) is 24.7 Å². The van der Waals surface area contributed by atoms with E-state index >= 15 is 0 Å². The number of hydrogen-bond acceptors (Lipinski definition) is 5.